The normalized spacial score (nSPS) is 14.7. The number of rotatable bonds is 6. The lowest BCUT2D eigenvalue weighted by Gasteiger charge is -2.22. The van der Waals surface area contributed by atoms with Crippen molar-refractivity contribution >= 4 is 23.7 Å². The Labute approximate surface area is 163 Å². The maximum Gasteiger partial charge on any atom is 0.321 e. The average molecular weight is 387 g/mol. The van der Waals surface area contributed by atoms with Crippen molar-refractivity contribution in [2.75, 3.05) is 5.75 Å². The standard InChI is InChI=1S/C20H26N4O2S/c1-14-17(12-15-8-4-2-5-9-15)23-20(21-14)27-13-18(25)24-19(26)22-16-10-6-3-7-11-16/h2,4-5,8-9,16H,3,6-7,10-13H2,1H3,(H,21,23)(H2,22,24,25,26). The first kappa shape index (κ1) is 19.5. The molecule has 0 bridgehead atoms. The predicted molar refractivity (Wildman–Crippen MR) is 107 cm³/mol. The summed E-state index contributed by atoms with van der Waals surface area (Å²) in [4.78, 5) is 31.7. The number of aryl methyl sites for hydroxylation is 1. The zero-order chi connectivity index (χ0) is 19.1. The molecule has 1 saturated carbocycles. The highest BCUT2D eigenvalue weighted by Crippen LogP contribution is 2.19. The summed E-state index contributed by atoms with van der Waals surface area (Å²) < 4.78 is 0. The highest BCUT2D eigenvalue weighted by Gasteiger charge is 2.17. The number of nitrogens with one attached hydrogen (secondary N) is 3. The maximum atomic E-state index is 12.0. The smallest absolute Gasteiger partial charge is 0.321 e. The van der Waals surface area contributed by atoms with E-state index in [1.54, 1.807) is 0 Å². The van der Waals surface area contributed by atoms with E-state index in [-0.39, 0.29) is 17.7 Å². The lowest BCUT2D eigenvalue weighted by atomic mass is 9.96. The minimum absolute atomic E-state index is 0.149. The Kier molecular flexibility index (Phi) is 6.92. The molecular weight excluding hydrogens is 360 g/mol. The van der Waals surface area contributed by atoms with E-state index in [0.29, 0.717) is 5.16 Å². The number of aromatic nitrogens is 2. The van der Waals surface area contributed by atoms with Gasteiger partial charge in [0.25, 0.3) is 0 Å². The minimum atomic E-state index is -0.395. The molecule has 0 radical (unpaired) electrons. The van der Waals surface area contributed by atoms with Crippen LogP contribution in [0.15, 0.2) is 35.5 Å². The van der Waals surface area contributed by atoms with Gasteiger partial charge in [-0.25, -0.2) is 9.78 Å². The molecule has 3 N–H and O–H groups in total. The Morgan fingerprint density at radius 3 is 2.67 bits per heavy atom. The van der Waals surface area contributed by atoms with Gasteiger partial charge >= 0.3 is 6.03 Å². The molecule has 3 amide bonds. The van der Waals surface area contributed by atoms with Crippen molar-refractivity contribution < 1.29 is 9.59 Å². The van der Waals surface area contributed by atoms with Crippen molar-refractivity contribution in [3.8, 4) is 0 Å². The number of amides is 3. The fourth-order valence-corrected chi connectivity index (χ4v) is 4.00. The molecule has 1 aliphatic rings. The fourth-order valence-electron chi connectivity index (χ4n) is 3.26. The van der Waals surface area contributed by atoms with Gasteiger partial charge < -0.3 is 10.3 Å². The number of benzene rings is 1. The number of urea groups is 1. The summed E-state index contributed by atoms with van der Waals surface area (Å²) in [6.45, 7) is 1.98. The van der Waals surface area contributed by atoms with E-state index in [4.69, 9.17) is 0 Å². The van der Waals surface area contributed by atoms with E-state index in [0.717, 1.165) is 43.5 Å². The SMILES string of the molecule is Cc1[nH]c(SCC(=O)NC(=O)NC2CCCCC2)nc1Cc1ccccc1. The number of carbonyl (C=O) groups is 2. The largest absolute Gasteiger partial charge is 0.337 e. The van der Waals surface area contributed by atoms with Gasteiger partial charge in [0.05, 0.1) is 11.4 Å². The molecule has 2 aromatic rings. The molecule has 1 aromatic heterocycles. The van der Waals surface area contributed by atoms with Gasteiger partial charge in [-0.2, -0.15) is 0 Å². The predicted octanol–water partition coefficient (Wildman–Crippen LogP) is 3.56. The van der Waals surface area contributed by atoms with Crippen LogP contribution in [-0.4, -0.2) is 33.7 Å². The molecule has 0 atom stereocenters. The van der Waals surface area contributed by atoms with Crippen LogP contribution in [0.2, 0.25) is 0 Å². The minimum Gasteiger partial charge on any atom is -0.337 e. The summed E-state index contributed by atoms with van der Waals surface area (Å²) in [6, 6.07) is 9.94. The Hall–Kier alpha value is -2.28. The maximum absolute atomic E-state index is 12.0. The monoisotopic (exact) mass is 386 g/mol. The van der Waals surface area contributed by atoms with E-state index in [9.17, 15) is 9.59 Å². The van der Waals surface area contributed by atoms with Gasteiger partial charge in [-0.05, 0) is 25.3 Å². The number of thioether (sulfide) groups is 1. The second kappa shape index (κ2) is 9.60. The highest BCUT2D eigenvalue weighted by atomic mass is 32.2. The van der Waals surface area contributed by atoms with Gasteiger partial charge in [0.2, 0.25) is 5.91 Å². The van der Waals surface area contributed by atoms with Crippen LogP contribution in [0.5, 0.6) is 0 Å². The van der Waals surface area contributed by atoms with E-state index in [1.165, 1.54) is 23.7 Å². The van der Waals surface area contributed by atoms with Gasteiger partial charge in [-0.15, -0.1) is 0 Å². The van der Waals surface area contributed by atoms with E-state index < -0.39 is 6.03 Å². The molecule has 144 valence electrons. The van der Waals surface area contributed by atoms with Crippen LogP contribution in [0.25, 0.3) is 0 Å². The second-order valence-corrected chi connectivity index (χ2v) is 7.89. The molecule has 1 heterocycles. The molecular formula is C20H26N4O2S. The van der Waals surface area contributed by atoms with E-state index in [1.807, 2.05) is 25.1 Å². The van der Waals surface area contributed by atoms with Crippen LogP contribution in [0.1, 0.15) is 49.1 Å². The van der Waals surface area contributed by atoms with Gasteiger partial charge in [0.15, 0.2) is 5.16 Å². The summed E-state index contributed by atoms with van der Waals surface area (Å²) in [7, 11) is 0. The third-order valence-corrected chi connectivity index (χ3v) is 5.58. The Morgan fingerprint density at radius 1 is 1.19 bits per heavy atom. The lowest BCUT2D eigenvalue weighted by Crippen LogP contribution is -2.45. The van der Waals surface area contributed by atoms with E-state index >= 15 is 0 Å². The number of hydrogen-bond acceptors (Lipinski definition) is 4. The van der Waals surface area contributed by atoms with Gasteiger partial charge in [-0.1, -0.05) is 61.4 Å². The van der Waals surface area contributed by atoms with Crippen LogP contribution in [0, 0.1) is 6.92 Å². The second-order valence-electron chi connectivity index (χ2n) is 6.92. The first-order chi connectivity index (χ1) is 13.1. The summed E-state index contributed by atoms with van der Waals surface area (Å²) in [6.07, 6.45) is 6.23. The number of aromatic amines is 1. The quantitative estimate of drug-likeness (QED) is 0.663. The van der Waals surface area contributed by atoms with Crippen molar-refractivity contribution in [2.45, 2.75) is 56.6 Å². The number of imidazole rings is 1. The van der Waals surface area contributed by atoms with Crippen LogP contribution >= 0.6 is 11.8 Å². The fraction of sp³-hybridized carbons (Fsp3) is 0.450. The molecule has 1 aliphatic carbocycles. The Bertz CT molecular complexity index is 770. The van der Waals surface area contributed by atoms with Crippen molar-refractivity contribution in [1.29, 1.82) is 0 Å². The number of imide groups is 1. The zero-order valence-corrected chi connectivity index (χ0v) is 16.4. The number of hydrogen-bond donors (Lipinski definition) is 3. The molecule has 0 saturated heterocycles. The average Bonchev–Trinajstić information content (AvgIpc) is 3.01. The van der Waals surface area contributed by atoms with Crippen molar-refractivity contribution in [3.05, 3.63) is 47.3 Å². The third kappa shape index (κ3) is 6.13. The Balaban J connectivity index is 1.44. The van der Waals surface area contributed by atoms with Crippen molar-refractivity contribution in [1.82, 2.24) is 20.6 Å². The number of H-pyrrole nitrogens is 1. The highest BCUT2D eigenvalue weighted by molar-refractivity contribution is 7.99. The summed E-state index contributed by atoms with van der Waals surface area (Å²) in [5.74, 6) is -0.164. The molecule has 0 spiro atoms. The molecule has 0 aliphatic heterocycles. The summed E-state index contributed by atoms with van der Waals surface area (Å²) in [5.41, 5.74) is 3.16. The molecule has 0 unspecified atom stereocenters. The molecule has 1 fully saturated rings. The van der Waals surface area contributed by atoms with Crippen LogP contribution < -0.4 is 10.6 Å². The molecule has 7 heteroatoms. The molecule has 27 heavy (non-hydrogen) atoms. The van der Waals surface area contributed by atoms with Gasteiger partial charge in [-0.3, -0.25) is 10.1 Å². The Morgan fingerprint density at radius 2 is 1.93 bits per heavy atom. The number of carbonyl (C=O) groups excluding carboxylic acids is 2. The van der Waals surface area contributed by atoms with Crippen LogP contribution in [0.4, 0.5) is 4.79 Å². The van der Waals surface area contributed by atoms with Crippen LogP contribution in [-0.2, 0) is 11.2 Å². The first-order valence-corrected chi connectivity index (χ1v) is 10.4. The third-order valence-electron chi connectivity index (χ3n) is 4.71. The van der Waals surface area contributed by atoms with Crippen LogP contribution in [0.3, 0.4) is 0 Å². The molecule has 3 rings (SSSR count). The molecule has 6 nitrogen and oxygen atoms in total. The number of nitrogens with zero attached hydrogens (tertiary/aromatic N) is 1. The first-order valence-electron chi connectivity index (χ1n) is 9.42. The van der Waals surface area contributed by atoms with Crippen molar-refractivity contribution in [2.24, 2.45) is 0 Å². The summed E-state index contributed by atoms with van der Waals surface area (Å²) >= 11 is 1.30. The lowest BCUT2D eigenvalue weighted by molar-refractivity contribution is -0.117. The van der Waals surface area contributed by atoms with Gasteiger partial charge in [0, 0.05) is 18.2 Å². The van der Waals surface area contributed by atoms with Gasteiger partial charge in [0.1, 0.15) is 0 Å². The topological polar surface area (TPSA) is 86.9 Å². The summed E-state index contributed by atoms with van der Waals surface area (Å²) in [5, 5.41) is 5.99. The van der Waals surface area contributed by atoms with E-state index in [2.05, 4.69) is 32.7 Å². The molecule has 1 aromatic carbocycles. The zero-order valence-electron chi connectivity index (χ0n) is 15.6. The van der Waals surface area contributed by atoms with Crippen molar-refractivity contribution in [3.63, 3.8) is 0 Å².